The molecular formula is C55H58N12O5S2. The second-order valence-electron chi connectivity index (χ2n) is 19.7. The minimum absolute atomic E-state index is 0.211. The molecule has 74 heavy (non-hydrogen) atoms. The first-order valence-electron chi connectivity index (χ1n) is 23.9. The van der Waals surface area contributed by atoms with Gasteiger partial charge in [0, 0.05) is 53.7 Å². The second kappa shape index (κ2) is 22.4. The van der Waals surface area contributed by atoms with E-state index in [-0.39, 0.29) is 11.8 Å². The maximum atomic E-state index is 14.0. The Kier molecular flexibility index (Phi) is 15.8. The second-order valence-corrected chi connectivity index (χ2v) is 22.0. The highest BCUT2D eigenvalue weighted by Gasteiger charge is 2.20. The monoisotopic (exact) mass is 1030 g/mol. The van der Waals surface area contributed by atoms with E-state index in [4.69, 9.17) is 19.4 Å². The summed E-state index contributed by atoms with van der Waals surface area (Å²) in [6.45, 7) is 19.2. The van der Waals surface area contributed by atoms with Gasteiger partial charge in [0.15, 0.2) is 11.3 Å². The molecule has 0 aliphatic heterocycles. The highest BCUT2D eigenvalue weighted by atomic mass is 32.2. The van der Waals surface area contributed by atoms with Crippen molar-refractivity contribution in [3.8, 4) is 0 Å². The Bertz CT molecular complexity index is 3120. The third kappa shape index (κ3) is 14.1. The molecule has 0 fully saturated rings. The minimum Gasteiger partial charge on any atom is -0.444 e. The number of hydrogen-bond donors (Lipinski definition) is 6. The van der Waals surface area contributed by atoms with Crippen LogP contribution in [0.2, 0.25) is 0 Å². The number of carbonyl (C=O) groups excluding carboxylic acids is 3. The summed E-state index contributed by atoms with van der Waals surface area (Å²) < 4.78 is 10.8. The summed E-state index contributed by atoms with van der Waals surface area (Å²) in [5, 5.41) is 20.0. The number of ether oxygens (including phenoxy) is 2. The van der Waals surface area contributed by atoms with Crippen LogP contribution < -0.4 is 31.9 Å². The number of carbonyl (C=O) groups is 3. The normalized spacial score (nSPS) is 11.6. The van der Waals surface area contributed by atoms with E-state index < -0.39 is 29.4 Å². The van der Waals surface area contributed by atoms with Gasteiger partial charge in [-0.15, -0.1) is 0 Å². The Labute approximate surface area is 438 Å². The topological polar surface area (TPSA) is 219 Å². The molecule has 0 spiro atoms. The summed E-state index contributed by atoms with van der Waals surface area (Å²) in [6.07, 6.45) is 1.87. The molecule has 4 aromatic heterocycles. The van der Waals surface area contributed by atoms with Crippen molar-refractivity contribution >= 4 is 110 Å². The van der Waals surface area contributed by atoms with Crippen molar-refractivity contribution < 1.29 is 23.9 Å². The van der Waals surface area contributed by atoms with Crippen molar-refractivity contribution in [1.82, 2.24) is 29.9 Å². The summed E-state index contributed by atoms with van der Waals surface area (Å²) in [5.74, 6) is 1.50. The molecular weight excluding hydrogens is 973 g/mol. The average molecular weight is 1030 g/mol. The zero-order valence-electron chi connectivity index (χ0n) is 42.7. The van der Waals surface area contributed by atoms with Crippen molar-refractivity contribution in [3.63, 3.8) is 0 Å². The van der Waals surface area contributed by atoms with Crippen LogP contribution in [0.25, 0.3) is 22.1 Å². The fraction of sp³-hybridized carbons (Fsp3) is 0.255. The zero-order chi connectivity index (χ0) is 52.7. The smallest absolute Gasteiger partial charge is 0.412 e. The highest BCUT2D eigenvalue weighted by Crippen LogP contribution is 2.40. The third-order valence-corrected chi connectivity index (χ3v) is 12.8. The predicted octanol–water partition coefficient (Wildman–Crippen LogP) is 14.7. The molecule has 0 saturated heterocycles. The maximum Gasteiger partial charge on any atom is 0.412 e. The number of nitrogens with zero attached hydrogens (tertiary/aromatic N) is 6. The van der Waals surface area contributed by atoms with Crippen molar-refractivity contribution in [3.05, 3.63) is 133 Å². The molecule has 17 nitrogen and oxygen atoms in total. The molecule has 0 aliphatic carbocycles. The summed E-state index contributed by atoms with van der Waals surface area (Å²) in [6, 6.07) is 33.3. The van der Waals surface area contributed by atoms with E-state index in [0.29, 0.717) is 57.1 Å². The van der Waals surface area contributed by atoms with Crippen LogP contribution in [0.5, 0.6) is 0 Å². The minimum atomic E-state index is -0.633. The number of anilines is 8. The third-order valence-electron chi connectivity index (χ3n) is 10.7. The summed E-state index contributed by atoms with van der Waals surface area (Å²) >= 11 is 2.97. The lowest BCUT2D eigenvalue weighted by Crippen LogP contribution is -2.27. The predicted molar refractivity (Wildman–Crippen MR) is 296 cm³/mol. The number of aromatic nitrogens is 6. The molecule has 4 heterocycles. The number of amides is 4. The van der Waals surface area contributed by atoms with Crippen LogP contribution in [0.3, 0.4) is 0 Å². The lowest BCUT2D eigenvalue weighted by atomic mass is 10.1. The van der Waals surface area contributed by atoms with Crippen LogP contribution in [0.1, 0.15) is 92.5 Å². The molecule has 0 bridgehead atoms. The van der Waals surface area contributed by atoms with Gasteiger partial charge in [-0.2, -0.15) is 0 Å². The van der Waals surface area contributed by atoms with Crippen LogP contribution in [-0.2, 0) is 9.47 Å². The van der Waals surface area contributed by atoms with E-state index in [1.807, 2.05) is 151 Å². The van der Waals surface area contributed by atoms with Gasteiger partial charge < -0.3 is 30.7 Å². The fourth-order valence-electron chi connectivity index (χ4n) is 7.20. The van der Waals surface area contributed by atoms with Crippen molar-refractivity contribution in [2.75, 3.05) is 31.9 Å². The molecule has 0 atom stereocenters. The molecule has 0 radical (unpaired) electrons. The van der Waals surface area contributed by atoms with Gasteiger partial charge in [-0.3, -0.25) is 10.6 Å². The van der Waals surface area contributed by atoms with Crippen LogP contribution in [0.15, 0.2) is 141 Å². The number of rotatable bonds is 14. The van der Waals surface area contributed by atoms with Gasteiger partial charge in [0.25, 0.3) is 0 Å². The lowest BCUT2D eigenvalue weighted by molar-refractivity contribution is 0.0624. The van der Waals surface area contributed by atoms with Gasteiger partial charge in [-0.25, -0.2) is 44.3 Å². The summed E-state index contributed by atoms with van der Waals surface area (Å²) in [5.41, 5.74) is 5.16. The largest absolute Gasteiger partial charge is 0.444 e. The Morgan fingerprint density at radius 1 is 0.473 bits per heavy atom. The molecule has 6 N–H and O–H groups in total. The molecule has 4 amide bonds. The summed E-state index contributed by atoms with van der Waals surface area (Å²) in [4.78, 5) is 69.9. The molecule has 4 aromatic carbocycles. The van der Waals surface area contributed by atoms with Gasteiger partial charge in [0.2, 0.25) is 0 Å². The van der Waals surface area contributed by atoms with E-state index in [0.717, 1.165) is 41.7 Å². The van der Waals surface area contributed by atoms with Gasteiger partial charge in [-0.05, 0) is 163 Å². The Balaban J connectivity index is 1.06. The van der Waals surface area contributed by atoms with Gasteiger partial charge >= 0.3 is 18.2 Å². The molecule has 0 aliphatic rings. The fourth-order valence-corrected chi connectivity index (χ4v) is 8.97. The summed E-state index contributed by atoms with van der Waals surface area (Å²) in [7, 11) is 0. The maximum absolute atomic E-state index is 14.0. The average Bonchev–Trinajstić information content (AvgIpc) is 3.33. The lowest BCUT2D eigenvalue weighted by Gasteiger charge is -2.19. The van der Waals surface area contributed by atoms with Gasteiger partial charge in [0.1, 0.15) is 35.5 Å². The SMILES string of the molecule is CC(C)c1ccc2c(Nc3cc(NC(=O)Nc4ccc(Sc5ccc(NC(=O)OC(C)(C)C)cc5)c(Nc5ncnc6nc(C(C)C)ccc56)c4)ccc3Sc3ccc(NC(=O)OC(C)(C)C)cc3)ncnc2n1. The van der Waals surface area contributed by atoms with Crippen molar-refractivity contribution in [2.24, 2.45) is 0 Å². The van der Waals surface area contributed by atoms with Crippen LogP contribution in [0, 0.1) is 0 Å². The zero-order valence-corrected chi connectivity index (χ0v) is 44.4. The van der Waals surface area contributed by atoms with Gasteiger partial charge in [-0.1, -0.05) is 51.2 Å². The number of urea groups is 1. The number of nitrogens with one attached hydrogen (secondary N) is 6. The van der Waals surface area contributed by atoms with E-state index in [1.165, 1.54) is 36.2 Å². The molecule has 380 valence electrons. The van der Waals surface area contributed by atoms with Crippen LogP contribution in [0.4, 0.5) is 60.1 Å². The molecule has 19 heteroatoms. The Morgan fingerprint density at radius 3 is 1.22 bits per heavy atom. The first kappa shape index (κ1) is 52.3. The Morgan fingerprint density at radius 2 is 0.851 bits per heavy atom. The van der Waals surface area contributed by atoms with E-state index in [2.05, 4.69) is 79.5 Å². The number of hydrogen-bond acceptors (Lipinski definition) is 15. The van der Waals surface area contributed by atoms with Crippen molar-refractivity contribution in [1.29, 1.82) is 0 Å². The van der Waals surface area contributed by atoms with E-state index in [9.17, 15) is 14.4 Å². The molecule has 8 aromatic rings. The van der Waals surface area contributed by atoms with E-state index in [1.54, 1.807) is 0 Å². The molecule has 0 saturated carbocycles. The van der Waals surface area contributed by atoms with E-state index >= 15 is 0 Å². The van der Waals surface area contributed by atoms with Crippen LogP contribution >= 0.6 is 23.5 Å². The quantitative estimate of drug-likeness (QED) is 0.0597. The number of pyridine rings is 2. The standard InChI is InChI=1S/C55H58N12O5S2/c1-31(2)41-23-21-39-47(64-41)56-29-58-49(39)66-43-27-35(15-25-45(43)73-37-17-11-33(12-18-37)62-52(69)71-54(5,6)7)60-51(68)61-36-16-26-46(74-38-19-13-34(14-20-38)63-53(70)72-55(8,9)10)44(28-36)67-50-40-22-24-42(32(3)4)65-48(40)57-30-59-50/h11-32H,1-10H3,(H,62,69)(H,63,70)(H2,60,61,68)(H,56,58,64,66)(H,57,59,65,67). The van der Waals surface area contributed by atoms with Crippen molar-refractivity contribution in [2.45, 2.75) is 112 Å². The Hall–Kier alpha value is -8.03. The van der Waals surface area contributed by atoms with Crippen LogP contribution in [-0.4, -0.2) is 59.3 Å². The first-order valence-corrected chi connectivity index (χ1v) is 25.5. The number of fused-ring (bicyclic) bond motifs is 2. The molecule has 8 rings (SSSR count). The first-order chi connectivity index (χ1) is 35.2. The number of benzene rings is 4. The highest BCUT2D eigenvalue weighted by molar-refractivity contribution is 7.99. The molecule has 0 unspecified atom stereocenters. The van der Waals surface area contributed by atoms with Gasteiger partial charge in [0.05, 0.1) is 22.1 Å².